The van der Waals surface area contributed by atoms with Gasteiger partial charge >= 0.3 is 0 Å². The van der Waals surface area contributed by atoms with Crippen LogP contribution in [0, 0.1) is 6.92 Å². The number of aryl methyl sites for hydroxylation is 2. The number of rotatable bonds is 5. The predicted octanol–water partition coefficient (Wildman–Crippen LogP) is 2.92. The Hall–Kier alpha value is -3.15. The summed E-state index contributed by atoms with van der Waals surface area (Å²) >= 11 is 0. The zero-order valence-electron chi connectivity index (χ0n) is 15.2. The van der Waals surface area contributed by atoms with Gasteiger partial charge in [0.05, 0.1) is 6.21 Å². The number of carbonyl (C=O) groups excluding carboxylic acids is 1. The van der Waals surface area contributed by atoms with Gasteiger partial charge in [-0.05, 0) is 39.0 Å². The van der Waals surface area contributed by atoms with Crippen molar-refractivity contribution in [2.75, 3.05) is 0 Å². The molecule has 0 atom stereocenters. The van der Waals surface area contributed by atoms with Crippen LogP contribution in [0.3, 0.4) is 0 Å². The van der Waals surface area contributed by atoms with Gasteiger partial charge in [-0.1, -0.05) is 18.2 Å². The highest BCUT2D eigenvalue weighted by molar-refractivity contribution is 6.02. The molecule has 0 unspecified atom stereocenters. The van der Waals surface area contributed by atoms with Crippen LogP contribution in [0.15, 0.2) is 52.5 Å². The number of aromatic nitrogens is 2. The topological polar surface area (TPSA) is 68.4 Å². The van der Waals surface area contributed by atoms with Crippen molar-refractivity contribution < 1.29 is 4.79 Å². The standard InChI is InChI=1S/C20H22N4O2/c1-4-23-12-8-10-16(20(23)26)19(25)22-21-13-17-14(3)24(5-2)18-11-7-6-9-15(17)18/h6-13H,4-5H2,1-3H3,(H,22,25)/b21-13-. The van der Waals surface area contributed by atoms with Crippen LogP contribution >= 0.6 is 0 Å². The van der Waals surface area contributed by atoms with E-state index >= 15 is 0 Å². The van der Waals surface area contributed by atoms with Gasteiger partial charge in [-0.3, -0.25) is 9.59 Å². The Morgan fingerprint density at radius 3 is 2.65 bits per heavy atom. The van der Waals surface area contributed by atoms with Crippen LogP contribution in [0.25, 0.3) is 10.9 Å². The zero-order valence-corrected chi connectivity index (χ0v) is 15.2. The summed E-state index contributed by atoms with van der Waals surface area (Å²) in [6, 6.07) is 11.3. The van der Waals surface area contributed by atoms with Crippen LogP contribution in [-0.2, 0) is 13.1 Å². The summed E-state index contributed by atoms with van der Waals surface area (Å²) < 4.78 is 3.69. The van der Waals surface area contributed by atoms with Gasteiger partial charge in [-0.2, -0.15) is 5.10 Å². The summed E-state index contributed by atoms with van der Waals surface area (Å²) in [5, 5.41) is 5.17. The van der Waals surface area contributed by atoms with Crippen molar-refractivity contribution in [2.45, 2.75) is 33.9 Å². The second-order valence-electron chi connectivity index (χ2n) is 5.97. The lowest BCUT2D eigenvalue weighted by atomic mass is 10.1. The lowest BCUT2D eigenvalue weighted by Crippen LogP contribution is -2.30. The Kier molecular flexibility index (Phi) is 5.02. The van der Waals surface area contributed by atoms with E-state index in [1.807, 2.05) is 32.0 Å². The van der Waals surface area contributed by atoms with Gasteiger partial charge in [0.2, 0.25) is 0 Å². The van der Waals surface area contributed by atoms with Crippen molar-refractivity contribution in [3.05, 3.63) is 69.8 Å². The molecule has 0 aliphatic heterocycles. The monoisotopic (exact) mass is 350 g/mol. The number of fused-ring (bicyclic) bond motifs is 1. The molecular formula is C20H22N4O2. The SMILES string of the molecule is CCn1cccc(C(=O)N/N=C\c2c(C)n(CC)c3ccccc23)c1=O. The van der Waals surface area contributed by atoms with Gasteiger partial charge < -0.3 is 9.13 Å². The molecule has 1 aromatic carbocycles. The molecule has 1 amide bonds. The molecule has 0 aliphatic carbocycles. The van der Waals surface area contributed by atoms with E-state index in [0.717, 1.165) is 28.7 Å². The molecule has 0 fully saturated rings. The average molecular weight is 350 g/mol. The van der Waals surface area contributed by atoms with Crippen LogP contribution in [-0.4, -0.2) is 21.3 Å². The van der Waals surface area contributed by atoms with E-state index in [-0.39, 0.29) is 11.1 Å². The molecule has 6 nitrogen and oxygen atoms in total. The van der Waals surface area contributed by atoms with Crippen LogP contribution in [0.5, 0.6) is 0 Å². The molecule has 26 heavy (non-hydrogen) atoms. The van der Waals surface area contributed by atoms with E-state index < -0.39 is 5.91 Å². The first-order valence-electron chi connectivity index (χ1n) is 8.69. The summed E-state index contributed by atoms with van der Waals surface area (Å²) in [4.78, 5) is 24.5. The number of para-hydroxylation sites is 1. The molecular weight excluding hydrogens is 328 g/mol. The van der Waals surface area contributed by atoms with Gasteiger partial charge in [-0.15, -0.1) is 0 Å². The summed E-state index contributed by atoms with van der Waals surface area (Å²) in [6.07, 6.45) is 3.30. The van der Waals surface area contributed by atoms with Crippen molar-refractivity contribution in [1.29, 1.82) is 0 Å². The molecule has 0 aliphatic rings. The number of nitrogens with one attached hydrogen (secondary N) is 1. The van der Waals surface area contributed by atoms with E-state index in [4.69, 9.17) is 0 Å². The molecule has 3 aromatic rings. The lowest BCUT2D eigenvalue weighted by molar-refractivity contribution is 0.0953. The maximum atomic E-state index is 12.3. The zero-order chi connectivity index (χ0) is 18.7. The molecule has 1 N–H and O–H groups in total. The van der Waals surface area contributed by atoms with E-state index in [1.54, 1.807) is 18.5 Å². The molecule has 0 radical (unpaired) electrons. The Morgan fingerprint density at radius 2 is 1.92 bits per heavy atom. The molecule has 134 valence electrons. The van der Waals surface area contributed by atoms with Crippen LogP contribution in [0.2, 0.25) is 0 Å². The van der Waals surface area contributed by atoms with Gasteiger partial charge in [0.25, 0.3) is 11.5 Å². The minimum Gasteiger partial charge on any atom is -0.344 e. The second-order valence-corrected chi connectivity index (χ2v) is 5.97. The van der Waals surface area contributed by atoms with Crippen LogP contribution < -0.4 is 11.0 Å². The van der Waals surface area contributed by atoms with Crippen molar-refractivity contribution >= 4 is 23.0 Å². The number of hydrogen-bond donors (Lipinski definition) is 1. The largest absolute Gasteiger partial charge is 0.344 e. The molecule has 3 rings (SSSR count). The predicted molar refractivity (Wildman–Crippen MR) is 104 cm³/mol. The van der Waals surface area contributed by atoms with Crippen molar-refractivity contribution in [2.24, 2.45) is 5.10 Å². The second kappa shape index (κ2) is 7.39. The lowest BCUT2D eigenvalue weighted by Gasteiger charge is -2.04. The quantitative estimate of drug-likeness (QED) is 0.568. The molecule has 0 saturated carbocycles. The molecule has 0 bridgehead atoms. The summed E-state index contributed by atoms with van der Waals surface area (Å²) in [5.41, 5.74) is 5.41. The smallest absolute Gasteiger partial charge is 0.276 e. The van der Waals surface area contributed by atoms with E-state index in [1.165, 1.54) is 10.6 Å². The first kappa shape index (κ1) is 17.7. The van der Waals surface area contributed by atoms with Gasteiger partial charge in [-0.25, -0.2) is 5.43 Å². The van der Waals surface area contributed by atoms with Crippen molar-refractivity contribution in [1.82, 2.24) is 14.6 Å². The Balaban J connectivity index is 1.88. The third-order valence-electron chi connectivity index (χ3n) is 4.56. The highest BCUT2D eigenvalue weighted by Gasteiger charge is 2.12. The first-order valence-corrected chi connectivity index (χ1v) is 8.69. The number of hydrogen-bond acceptors (Lipinski definition) is 3. The average Bonchev–Trinajstić information content (AvgIpc) is 2.93. The third-order valence-corrected chi connectivity index (χ3v) is 4.56. The Morgan fingerprint density at radius 1 is 1.15 bits per heavy atom. The molecule has 6 heteroatoms. The van der Waals surface area contributed by atoms with Crippen molar-refractivity contribution in [3.63, 3.8) is 0 Å². The van der Waals surface area contributed by atoms with E-state index in [0.29, 0.717) is 6.54 Å². The third kappa shape index (κ3) is 3.06. The maximum absolute atomic E-state index is 12.3. The fourth-order valence-corrected chi connectivity index (χ4v) is 3.20. The highest BCUT2D eigenvalue weighted by atomic mass is 16.2. The van der Waals surface area contributed by atoms with Crippen molar-refractivity contribution in [3.8, 4) is 0 Å². The minimum absolute atomic E-state index is 0.0826. The maximum Gasteiger partial charge on any atom is 0.276 e. The molecule has 2 heterocycles. The van der Waals surface area contributed by atoms with E-state index in [9.17, 15) is 9.59 Å². The molecule has 0 saturated heterocycles. The van der Waals surface area contributed by atoms with Gasteiger partial charge in [0, 0.05) is 41.4 Å². The molecule has 2 aromatic heterocycles. The normalized spacial score (nSPS) is 11.3. The summed E-state index contributed by atoms with van der Waals surface area (Å²) in [6.45, 7) is 7.35. The fourth-order valence-electron chi connectivity index (χ4n) is 3.20. The first-order chi connectivity index (χ1) is 12.6. The Bertz CT molecular complexity index is 1040. The minimum atomic E-state index is -0.508. The summed E-state index contributed by atoms with van der Waals surface area (Å²) in [7, 11) is 0. The Labute approximate surface area is 151 Å². The van der Waals surface area contributed by atoms with E-state index in [2.05, 4.69) is 28.1 Å². The fraction of sp³-hybridized carbons (Fsp3) is 0.250. The van der Waals surface area contributed by atoms with Gasteiger partial charge in [0.15, 0.2) is 0 Å². The number of nitrogens with zero attached hydrogens (tertiary/aromatic N) is 3. The number of amides is 1. The number of benzene rings is 1. The van der Waals surface area contributed by atoms with Gasteiger partial charge in [0.1, 0.15) is 5.56 Å². The number of pyridine rings is 1. The summed E-state index contributed by atoms with van der Waals surface area (Å²) in [5.74, 6) is -0.508. The molecule has 0 spiro atoms. The van der Waals surface area contributed by atoms with Crippen LogP contribution in [0.1, 0.15) is 35.5 Å². The number of hydrazone groups is 1. The van der Waals surface area contributed by atoms with Crippen LogP contribution in [0.4, 0.5) is 0 Å². The highest BCUT2D eigenvalue weighted by Crippen LogP contribution is 2.24. The number of carbonyl (C=O) groups is 1.